The van der Waals surface area contributed by atoms with E-state index in [0.717, 1.165) is 16.7 Å². The first kappa shape index (κ1) is 14.5. The van der Waals surface area contributed by atoms with Gasteiger partial charge in [-0.3, -0.25) is 4.21 Å². The molecular formula is C16H13N2O3S-. The topological polar surface area (TPSA) is 92.2 Å². The van der Waals surface area contributed by atoms with Crippen molar-refractivity contribution in [3.8, 4) is 22.4 Å². The molecule has 0 spiro atoms. The summed E-state index contributed by atoms with van der Waals surface area (Å²) in [6.45, 7) is 1.81. The highest BCUT2D eigenvalue weighted by Gasteiger charge is 2.17. The Morgan fingerprint density at radius 2 is 1.86 bits per heavy atom. The normalized spacial score (nSPS) is 12.3. The zero-order chi connectivity index (χ0) is 15.7. The lowest BCUT2D eigenvalue weighted by molar-refractivity contribution is 0.400. The van der Waals surface area contributed by atoms with Gasteiger partial charge < -0.3 is 14.8 Å². The molecule has 1 atom stereocenters. The van der Waals surface area contributed by atoms with E-state index in [9.17, 15) is 8.76 Å². The molecule has 0 bridgehead atoms. The van der Waals surface area contributed by atoms with Gasteiger partial charge in [-0.25, -0.2) is 0 Å². The molecule has 3 aromatic rings. The monoisotopic (exact) mass is 313 g/mol. The molecule has 0 amide bonds. The summed E-state index contributed by atoms with van der Waals surface area (Å²) in [5, 5.41) is 4.11. The number of rotatable bonds is 3. The fourth-order valence-corrected chi connectivity index (χ4v) is 2.79. The van der Waals surface area contributed by atoms with Crippen molar-refractivity contribution in [2.75, 3.05) is 5.73 Å². The largest absolute Gasteiger partial charge is 0.768 e. The van der Waals surface area contributed by atoms with Gasteiger partial charge in [-0.15, -0.1) is 0 Å². The first-order valence-corrected chi connectivity index (χ1v) is 7.66. The van der Waals surface area contributed by atoms with Crippen molar-refractivity contribution >= 4 is 16.8 Å². The third-order valence-electron chi connectivity index (χ3n) is 3.39. The van der Waals surface area contributed by atoms with Crippen LogP contribution in [0, 0.1) is 6.92 Å². The molecule has 2 aromatic carbocycles. The van der Waals surface area contributed by atoms with Gasteiger partial charge in [-0.05, 0) is 35.7 Å². The number of nitrogens with two attached hydrogens (primary N) is 1. The molecule has 3 rings (SSSR count). The van der Waals surface area contributed by atoms with Gasteiger partial charge in [0.2, 0.25) is 0 Å². The van der Waals surface area contributed by atoms with Crippen molar-refractivity contribution in [1.82, 2.24) is 5.16 Å². The Hall–Kier alpha value is -2.44. The highest BCUT2D eigenvalue weighted by molar-refractivity contribution is 7.79. The molecule has 0 aliphatic carbocycles. The van der Waals surface area contributed by atoms with Crippen LogP contribution in [0.1, 0.15) is 5.76 Å². The maximum atomic E-state index is 11.1. The SMILES string of the molecule is Cc1onc(-c2ccccc2)c1-c1ccc(S(=O)[O-])c(N)c1. The summed E-state index contributed by atoms with van der Waals surface area (Å²) in [7, 11) is 0. The van der Waals surface area contributed by atoms with Gasteiger partial charge in [-0.1, -0.05) is 41.6 Å². The van der Waals surface area contributed by atoms with Gasteiger partial charge in [-0.2, -0.15) is 0 Å². The number of aryl methyl sites for hydroxylation is 1. The van der Waals surface area contributed by atoms with Crippen LogP contribution in [0.3, 0.4) is 0 Å². The Kier molecular flexibility index (Phi) is 3.79. The van der Waals surface area contributed by atoms with Crippen LogP contribution in [-0.2, 0) is 11.1 Å². The zero-order valence-corrected chi connectivity index (χ0v) is 12.6. The van der Waals surface area contributed by atoms with E-state index in [1.54, 1.807) is 12.1 Å². The highest BCUT2D eigenvalue weighted by Crippen LogP contribution is 2.35. The van der Waals surface area contributed by atoms with E-state index in [-0.39, 0.29) is 10.6 Å². The molecule has 0 aliphatic heterocycles. The lowest BCUT2D eigenvalue weighted by Gasteiger charge is -2.10. The van der Waals surface area contributed by atoms with E-state index >= 15 is 0 Å². The molecule has 0 fully saturated rings. The summed E-state index contributed by atoms with van der Waals surface area (Å²) >= 11 is -2.36. The number of nitrogens with zero attached hydrogens (tertiary/aromatic N) is 1. The van der Waals surface area contributed by atoms with Crippen LogP contribution in [0.2, 0.25) is 0 Å². The highest BCUT2D eigenvalue weighted by atomic mass is 32.2. The average molecular weight is 313 g/mol. The van der Waals surface area contributed by atoms with Crippen molar-refractivity contribution in [3.63, 3.8) is 0 Å². The van der Waals surface area contributed by atoms with E-state index in [0.29, 0.717) is 11.5 Å². The quantitative estimate of drug-likeness (QED) is 0.592. The average Bonchev–Trinajstić information content (AvgIpc) is 2.89. The number of hydrogen-bond acceptors (Lipinski definition) is 5. The third kappa shape index (κ3) is 2.54. The summed E-state index contributed by atoms with van der Waals surface area (Å²) in [5.74, 6) is 0.647. The molecule has 1 unspecified atom stereocenters. The number of hydrogen-bond donors (Lipinski definition) is 1. The van der Waals surface area contributed by atoms with Gasteiger partial charge in [0.1, 0.15) is 11.5 Å². The predicted octanol–water partition coefficient (Wildman–Crippen LogP) is 3.14. The molecule has 22 heavy (non-hydrogen) atoms. The molecule has 0 saturated heterocycles. The standard InChI is InChI=1S/C16H14N2O3S/c1-10-15(12-7-8-14(22(19)20)13(17)9-12)16(18-21-10)11-5-3-2-4-6-11/h2-9H,17H2,1H3,(H,19,20)/p-1. The maximum absolute atomic E-state index is 11.1. The van der Waals surface area contributed by atoms with Crippen molar-refractivity contribution < 1.29 is 13.3 Å². The zero-order valence-electron chi connectivity index (χ0n) is 11.8. The molecule has 5 nitrogen and oxygen atoms in total. The Balaban J connectivity index is 2.15. The van der Waals surface area contributed by atoms with E-state index < -0.39 is 11.1 Å². The summed E-state index contributed by atoms with van der Waals surface area (Å²) in [4.78, 5) is 0.0825. The lowest BCUT2D eigenvalue weighted by Crippen LogP contribution is -1.97. The molecule has 6 heteroatoms. The molecule has 1 aromatic heterocycles. The predicted molar refractivity (Wildman–Crippen MR) is 83.7 cm³/mol. The Morgan fingerprint density at radius 1 is 1.14 bits per heavy atom. The number of aromatic nitrogens is 1. The van der Waals surface area contributed by atoms with Crippen LogP contribution in [0.4, 0.5) is 5.69 Å². The number of benzene rings is 2. The van der Waals surface area contributed by atoms with Crippen molar-refractivity contribution in [2.45, 2.75) is 11.8 Å². The summed E-state index contributed by atoms with van der Waals surface area (Å²) in [5.41, 5.74) is 9.22. The fraction of sp³-hybridized carbons (Fsp3) is 0.0625. The van der Waals surface area contributed by atoms with Crippen LogP contribution in [0.25, 0.3) is 22.4 Å². The number of nitrogen functional groups attached to an aromatic ring is 1. The Morgan fingerprint density at radius 3 is 2.50 bits per heavy atom. The molecule has 2 N–H and O–H groups in total. The van der Waals surface area contributed by atoms with Crippen molar-refractivity contribution in [2.24, 2.45) is 0 Å². The van der Waals surface area contributed by atoms with Crippen LogP contribution in [0.15, 0.2) is 57.9 Å². The Labute approximate surface area is 130 Å². The van der Waals surface area contributed by atoms with E-state index in [2.05, 4.69) is 5.16 Å². The molecular weight excluding hydrogens is 300 g/mol. The second-order valence-electron chi connectivity index (χ2n) is 4.82. The third-order valence-corrected chi connectivity index (χ3v) is 4.12. The van der Waals surface area contributed by atoms with Crippen LogP contribution in [-0.4, -0.2) is 13.9 Å². The first-order chi connectivity index (χ1) is 10.6. The fourth-order valence-electron chi connectivity index (χ4n) is 2.36. The van der Waals surface area contributed by atoms with E-state index in [1.165, 1.54) is 6.07 Å². The molecule has 0 aliphatic rings. The van der Waals surface area contributed by atoms with Crippen LogP contribution in [0.5, 0.6) is 0 Å². The second kappa shape index (κ2) is 5.75. The number of anilines is 1. The van der Waals surface area contributed by atoms with Crippen molar-refractivity contribution in [1.29, 1.82) is 0 Å². The first-order valence-electron chi connectivity index (χ1n) is 6.59. The van der Waals surface area contributed by atoms with E-state index in [4.69, 9.17) is 10.3 Å². The van der Waals surface area contributed by atoms with Gasteiger partial charge in [0, 0.05) is 16.1 Å². The van der Waals surface area contributed by atoms with Crippen LogP contribution >= 0.6 is 0 Å². The van der Waals surface area contributed by atoms with Crippen molar-refractivity contribution in [3.05, 3.63) is 54.3 Å². The molecule has 0 radical (unpaired) electrons. The Bertz CT molecular complexity index is 844. The smallest absolute Gasteiger partial charge is 0.142 e. The second-order valence-corrected chi connectivity index (χ2v) is 5.72. The van der Waals surface area contributed by atoms with Gasteiger partial charge in [0.25, 0.3) is 0 Å². The minimum Gasteiger partial charge on any atom is -0.768 e. The minimum absolute atomic E-state index is 0.0825. The minimum atomic E-state index is -2.36. The lowest BCUT2D eigenvalue weighted by atomic mass is 9.99. The van der Waals surface area contributed by atoms with Gasteiger partial charge in [0.15, 0.2) is 0 Å². The van der Waals surface area contributed by atoms with Crippen LogP contribution < -0.4 is 5.73 Å². The van der Waals surface area contributed by atoms with Gasteiger partial charge in [0.05, 0.1) is 5.56 Å². The molecule has 1 heterocycles. The summed E-state index contributed by atoms with van der Waals surface area (Å²) in [6, 6.07) is 14.4. The maximum Gasteiger partial charge on any atom is 0.142 e. The van der Waals surface area contributed by atoms with Gasteiger partial charge >= 0.3 is 0 Å². The summed E-state index contributed by atoms with van der Waals surface area (Å²) in [6.07, 6.45) is 0. The molecule has 112 valence electrons. The van der Waals surface area contributed by atoms with E-state index in [1.807, 2.05) is 37.3 Å². The summed E-state index contributed by atoms with van der Waals surface area (Å²) < 4.78 is 27.4. The molecule has 0 saturated carbocycles.